The summed E-state index contributed by atoms with van der Waals surface area (Å²) in [5, 5.41) is 9.24. The molecule has 122 valence electrons. The topological polar surface area (TPSA) is 60.2 Å². The van der Waals surface area contributed by atoms with Crippen molar-refractivity contribution >= 4 is 5.91 Å². The Morgan fingerprint density at radius 1 is 1.35 bits per heavy atom. The molecule has 1 amide bonds. The number of likely N-dealkylation sites (tertiary alicyclic amines) is 2. The number of hydrogen-bond donors (Lipinski definition) is 0. The van der Waals surface area contributed by atoms with Gasteiger partial charge in [0.2, 0.25) is 0 Å². The van der Waals surface area contributed by atoms with Gasteiger partial charge in [-0.1, -0.05) is 13.8 Å². The lowest BCUT2D eigenvalue weighted by molar-refractivity contribution is 0.0600. The molecule has 1 aromatic heterocycles. The van der Waals surface area contributed by atoms with E-state index in [-0.39, 0.29) is 5.91 Å². The van der Waals surface area contributed by atoms with Crippen LogP contribution in [0, 0.1) is 23.2 Å². The average Bonchev–Trinajstić information content (AvgIpc) is 3.03. The predicted molar refractivity (Wildman–Crippen MR) is 87.7 cm³/mol. The van der Waals surface area contributed by atoms with Gasteiger partial charge in [-0.3, -0.25) is 9.69 Å². The van der Waals surface area contributed by atoms with E-state index in [1.807, 2.05) is 11.0 Å². The summed E-state index contributed by atoms with van der Waals surface area (Å²) in [6.07, 6.45) is 2.11. The minimum absolute atomic E-state index is 0.0375. The highest BCUT2D eigenvalue weighted by Gasteiger charge is 2.29. The zero-order chi connectivity index (χ0) is 16.4. The normalized spacial score (nSPS) is 19.0. The van der Waals surface area contributed by atoms with Gasteiger partial charge in [-0.15, -0.1) is 0 Å². The number of pyridine rings is 1. The number of amides is 1. The first kappa shape index (κ1) is 15.9. The Labute approximate surface area is 137 Å². The Bertz CT molecular complexity index is 622. The van der Waals surface area contributed by atoms with E-state index in [1.165, 1.54) is 0 Å². The van der Waals surface area contributed by atoms with Gasteiger partial charge < -0.3 is 4.90 Å². The SMILES string of the molecule is CC(C)C1CN(Cc2cc(C#N)cc(C(=O)N3CCCC3)n2)C1. The van der Waals surface area contributed by atoms with E-state index in [2.05, 4.69) is 29.8 Å². The Morgan fingerprint density at radius 2 is 2.04 bits per heavy atom. The number of nitriles is 1. The molecule has 3 rings (SSSR count). The summed E-state index contributed by atoms with van der Waals surface area (Å²) < 4.78 is 0. The van der Waals surface area contributed by atoms with Crippen LogP contribution in [0.25, 0.3) is 0 Å². The number of rotatable bonds is 4. The van der Waals surface area contributed by atoms with Crippen molar-refractivity contribution in [1.29, 1.82) is 5.26 Å². The molecule has 0 spiro atoms. The zero-order valence-electron chi connectivity index (χ0n) is 14.0. The van der Waals surface area contributed by atoms with Crippen molar-refractivity contribution < 1.29 is 4.79 Å². The first-order valence-corrected chi connectivity index (χ1v) is 8.49. The van der Waals surface area contributed by atoms with Gasteiger partial charge in [0.15, 0.2) is 0 Å². The molecule has 0 radical (unpaired) electrons. The highest BCUT2D eigenvalue weighted by Crippen LogP contribution is 2.25. The number of carbonyl (C=O) groups is 1. The summed E-state index contributed by atoms with van der Waals surface area (Å²) in [7, 11) is 0. The van der Waals surface area contributed by atoms with Crippen molar-refractivity contribution in [2.75, 3.05) is 26.2 Å². The average molecular weight is 312 g/mol. The van der Waals surface area contributed by atoms with Crippen LogP contribution in [-0.4, -0.2) is 46.9 Å². The van der Waals surface area contributed by atoms with Gasteiger partial charge in [-0.25, -0.2) is 4.98 Å². The molecule has 3 heterocycles. The molecule has 23 heavy (non-hydrogen) atoms. The molecule has 0 atom stereocenters. The van der Waals surface area contributed by atoms with E-state index < -0.39 is 0 Å². The molecule has 0 bridgehead atoms. The summed E-state index contributed by atoms with van der Waals surface area (Å²) in [5.41, 5.74) is 1.77. The minimum atomic E-state index is -0.0375. The van der Waals surface area contributed by atoms with Crippen molar-refractivity contribution in [2.24, 2.45) is 11.8 Å². The molecule has 5 heteroatoms. The summed E-state index contributed by atoms with van der Waals surface area (Å²) in [6.45, 7) is 8.98. The number of aromatic nitrogens is 1. The van der Waals surface area contributed by atoms with Crippen LogP contribution in [0.15, 0.2) is 12.1 Å². The third-order valence-corrected chi connectivity index (χ3v) is 4.93. The molecule has 0 N–H and O–H groups in total. The van der Waals surface area contributed by atoms with E-state index in [9.17, 15) is 10.1 Å². The summed E-state index contributed by atoms with van der Waals surface area (Å²) in [5.74, 6) is 1.42. The van der Waals surface area contributed by atoms with Gasteiger partial charge in [-0.05, 0) is 36.8 Å². The van der Waals surface area contributed by atoms with Crippen LogP contribution < -0.4 is 0 Å². The van der Waals surface area contributed by atoms with Crippen LogP contribution in [-0.2, 0) is 6.54 Å². The molecule has 2 fully saturated rings. The van der Waals surface area contributed by atoms with Crippen molar-refractivity contribution in [3.63, 3.8) is 0 Å². The lowest BCUT2D eigenvalue weighted by atomic mass is 9.88. The van der Waals surface area contributed by atoms with E-state index in [1.54, 1.807) is 6.07 Å². The third-order valence-electron chi connectivity index (χ3n) is 4.93. The van der Waals surface area contributed by atoms with E-state index >= 15 is 0 Å². The van der Waals surface area contributed by atoms with Crippen molar-refractivity contribution in [3.05, 3.63) is 29.1 Å². The minimum Gasteiger partial charge on any atom is -0.337 e. The quantitative estimate of drug-likeness (QED) is 0.856. The van der Waals surface area contributed by atoms with Gasteiger partial charge in [0.1, 0.15) is 5.69 Å². The maximum Gasteiger partial charge on any atom is 0.272 e. The lowest BCUT2D eigenvalue weighted by Crippen LogP contribution is -2.48. The molecule has 2 saturated heterocycles. The van der Waals surface area contributed by atoms with Crippen LogP contribution in [0.5, 0.6) is 0 Å². The zero-order valence-corrected chi connectivity index (χ0v) is 14.0. The maximum absolute atomic E-state index is 12.5. The van der Waals surface area contributed by atoms with Crippen molar-refractivity contribution in [2.45, 2.75) is 33.2 Å². The summed E-state index contributed by atoms with van der Waals surface area (Å²) >= 11 is 0. The fraction of sp³-hybridized carbons (Fsp3) is 0.611. The molecular weight excluding hydrogens is 288 g/mol. The Balaban J connectivity index is 1.72. The monoisotopic (exact) mass is 312 g/mol. The second kappa shape index (κ2) is 6.67. The lowest BCUT2D eigenvalue weighted by Gasteiger charge is -2.41. The van der Waals surface area contributed by atoms with Crippen molar-refractivity contribution in [1.82, 2.24) is 14.8 Å². The molecular formula is C18H24N4O. The molecule has 5 nitrogen and oxygen atoms in total. The van der Waals surface area contributed by atoms with Crippen molar-refractivity contribution in [3.8, 4) is 6.07 Å². The van der Waals surface area contributed by atoms with Gasteiger partial charge in [-0.2, -0.15) is 5.26 Å². The Morgan fingerprint density at radius 3 is 2.65 bits per heavy atom. The number of nitrogens with zero attached hydrogens (tertiary/aromatic N) is 4. The van der Waals surface area contributed by atoms with Crippen LogP contribution in [0.3, 0.4) is 0 Å². The first-order valence-electron chi connectivity index (χ1n) is 8.49. The molecule has 0 aromatic carbocycles. The smallest absolute Gasteiger partial charge is 0.272 e. The van der Waals surface area contributed by atoms with E-state index in [4.69, 9.17) is 0 Å². The van der Waals surface area contributed by atoms with Gasteiger partial charge >= 0.3 is 0 Å². The number of hydrogen-bond acceptors (Lipinski definition) is 4. The molecule has 0 unspecified atom stereocenters. The van der Waals surface area contributed by atoms with Gasteiger partial charge in [0.05, 0.1) is 17.3 Å². The highest BCUT2D eigenvalue weighted by molar-refractivity contribution is 5.92. The van der Waals surface area contributed by atoms with E-state index in [0.29, 0.717) is 17.2 Å². The largest absolute Gasteiger partial charge is 0.337 e. The van der Waals surface area contributed by atoms with Crippen LogP contribution in [0.2, 0.25) is 0 Å². The summed E-state index contributed by atoms with van der Waals surface area (Å²) in [4.78, 5) is 21.2. The Hall–Kier alpha value is -1.93. The fourth-order valence-electron chi connectivity index (χ4n) is 3.31. The summed E-state index contributed by atoms with van der Waals surface area (Å²) in [6, 6.07) is 5.59. The molecule has 2 aliphatic rings. The van der Waals surface area contributed by atoms with Crippen LogP contribution in [0.4, 0.5) is 0 Å². The van der Waals surface area contributed by atoms with Crippen LogP contribution in [0.1, 0.15) is 48.4 Å². The van der Waals surface area contributed by atoms with E-state index in [0.717, 1.165) is 57.2 Å². The first-order chi connectivity index (χ1) is 11.1. The van der Waals surface area contributed by atoms with Gasteiger partial charge in [0, 0.05) is 32.7 Å². The third kappa shape index (κ3) is 3.53. The van der Waals surface area contributed by atoms with Crippen LogP contribution >= 0.6 is 0 Å². The molecule has 0 aliphatic carbocycles. The predicted octanol–water partition coefficient (Wildman–Crippen LogP) is 2.28. The highest BCUT2D eigenvalue weighted by atomic mass is 16.2. The molecule has 1 aromatic rings. The second-order valence-electron chi connectivity index (χ2n) is 7.04. The fourth-order valence-corrected chi connectivity index (χ4v) is 3.31. The maximum atomic E-state index is 12.5. The standard InChI is InChI=1S/C18H24N4O/c1-13(2)15-10-21(11-15)12-16-7-14(9-19)8-17(20-16)18(23)22-5-3-4-6-22/h7-8,13,15H,3-6,10-12H2,1-2H3. The number of carbonyl (C=O) groups excluding carboxylic acids is 1. The molecule has 0 saturated carbocycles. The Kier molecular flexibility index (Phi) is 4.63. The molecule has 2 aliphatic heterocycles. The second-order valence-corrected chi connectivity index (χ2v) is 7.04. The van der Waals surface area contributed by atoms with Gasteiger partial charge in [0.25, 0.3) is 5.91 Å².